The van der Waals surface area contributed by atoms with Crippen molar-refractivity contribution in [1.29, 1.82) is 0 Å². The average molecular weight is 441 g/mol. The number of hydrogen-bond donors (Lipinski definition) is 1. The molecule has 0 radical (unpaired) electrons. The van der Waals surface area contributed by atoms with Gasteiger partial charge < -0.3 is 10.2 Å². The Bertz CT molecular complexity index is 1080. The first kappa shape index (κ1) is 19.9. The summed E-state index contributed by atoms with van der Waals surface area (Å²) in [5.74, 6) is -0.214. The van der Waals surface area contributed by atoms with Gasteiger partial charge in [0.25, 0.3) is 5.91 Å². The van der Waals surface area contributed by atoms with Crippen LogP contribution in [0.3, 0.4) is 0 Å². The molecule has 1 spiro atoms. The third-order valence-electron chi connectivity index (χ3n) is 6.30. The van der Waals surface area contributed by atoms with E-state index in [1.165, 1.54) is 36.1 Å². The number of benzene rings is 1. The number of nitrogens with zero attached hydrogens (tertiary/aromatic N) is 5. The molecule has 31 heavy (non-hydrogen) atoms. The van der Waals surface area contributed by atoms with E-state index >= 15 is 0 Å². The summed E-state index contributed by atoms with van der Waals surface area (Å²) in [4.78, 5) is 20.9. The van der Waals surface area contributed by atoms with Gasteiger partial charge in [-0.05, 0) is 55.4 Å². The lowest BCUT2D eigenvalue weighted by atomic mass is 9.87. The van der Waals surface area contributed by atoms with E-state index in [1.54, 1.807) is 29.3 Å². The Morgan fingerprint density at radius 3 is 2.71 bits per heavy atom. The molecule has 1 saturated heterocycles. The van der Waals surface area contributed by atoms with E-state index in [4.69, 9.17) is 11.6 Å². The summed E-state index contributed by atoms with van der Waals surface area (Å²) in [7, 11) is 0. The summed E-state index contributed by atoms with van der Waals surface area (Å²) in [5, 5.41) is 12.1. The molecular formula is C22H22ClFN6O. The number of aromatic nitrogens is 4. The first-order chi connectivity index (χ1) is 15.0. The minimum Gasteiger partial charge on any atom is -0.368 e. The zero-order valence-corrected chi connectivity index (χ0v) is 17.6. The van der Waals surface area contributed by atoms with E-state index in [1.807, 2.05) is 6.07 Å². The van der Waals surface area contributed by atoms with Gasteiger partial charge in [0.2, 0.25) is 0 Å². The summed E-state index contributed by atoms with van der Waals surface area (Å²) in [6, 6.07) is 8.03. The zero-order chi connectivity index (χ0) is 21.4. The highest BCUT2D eigenvalue weighted by molar-refractivity contribution is 6.30. The van der Waals surface area contributed by atoms with Gasteiger partial charge in [-0.2, -0.15) is 15.0 Å². The first-order valence-electron chi connectivity index (χ1n) is 10.4. The second-order valence-electron chi connectivity index (χ2n) is 8.30. The summed E-state index contributed by atoms with van der Waals surface area (Å²) < 4.78 is 14.9. The third-order valence-corrected chi connectivity index (χ3v) is 6.52. The zero-order valence-electron chi connectivity index (χ0n) is 16.8. The van der Waals surface area contributed by atoms with E-state index < -0.39 is 5.82 Å². The normalized spacial score (nSPS) is 19.4. The quantitative estimate of drug-likeness (QED) is 0.650. The minimum absolute atomic E-state index is 0.0000601. The van der Waals surface area contributed by atoms with Crippen LogP contribution in [0.15, 0.2) is 48.9 Å². The number of carbonyl (C=O) groups is 1. The molecule has 1 amide bonds. The summed E-state index contributed by atoms with van der Waals surface area (Å²) in [5.41, 5.74) is 0.658. The predicted octanol–water partition coefficient (Wildman–Crippen LogP) is 3.95. The van der Waals surface area contributed by atoms with Crippen LogP contribution in [-0.4, -0.2) is 49.9 Å². The van der Waals surface area contributed by atoms with Crippen molar-refractivity contribution in [3.05, 3.63) is 65.3 Å². The molecule has 3 aromatic rings. The molecule has 160 valence electrons. The number of hydrogen-bond acceptors (Lipinski definition) is 5. The number of likely N-dealkylation sites (tertiary alicyclic amines) is 1. The Morgan fingerprint density at radius 2 is 2.00 bits per heavy atom. The SMILES string of the molecule is O=C(c1c(F)cccc1-n1nccn1)N1CCC2(CC2)CC1CNc1ccc(Cl)cn1. The van der Waals surface area contributed by atoms with Crippen molar-refractivity contribution >= 4 is 23.3 Å². The maximum atomic E-state index is 14.9. The number of halogens is 2. The second-order valence-corrected chi connectivity index (χ2v) is 8.74. The number of anilines is 1. The lowest BCUT2D eigenvalue weighted by Crippen LogP contribution is -2.50. The minimum atomic E-state index is -0.572. The average Bonchev–Trinajstić information content (AvgIpc) is 3.29. The van der Waals surface area contributed by atoms with Crippen molar-refractivity contribution < 1.29 is 9.18 Å². The van der Waals surface area contributed by atoms with Crippen LogP contribution >= 0.6 is 11.6 Å². The van der Waals surface area contributed by atoms with Gasteiger partial charge in [0.15, 0.2) is 0 Å². The van der Waals surface area contributed by atoms with Gasteiger partial charge in [-0.25, -0.2) is 9.37 Å². The van der Waals surface area contributed by atoms with Crippen LogP contribution in [0.25, 0.3) is 5.69 Å². The Kier molecular flexibility index (Phi) is 5.09. The van der Waals surface area contributed by atoms with Crippen molar-refractivity contribution in [2.45, 2.75) is 31.7 Å². The molecule has 1 aromatic carbocycles. The predicted molar refractivity (Wildman–Crippen MR) is 115 cm³/mol. The van der Waals surface area contributed by atoms with E-state index in [2.05, 4.69) is 20.5 Å². The molecule has 1 unspecified atom stereocenters. The van der Waals surface area contributed by atoms with Crippen molar-refractivity contribution in [3.63, 3.8) is 0 Å². The molecule has 0 bridgehead atoms. The smallest absolute Gasteiger partial charge is 0.259 e. The number of carbonyl (C=O) groups excluding carboxylic acids is 1. The fourth-order valence-electron chi connectivity index (χ4n) is 4.41. The number of rotatable bonds is 5. The molecule has 1 atom stereocenters. The van der Waals surface area contributed by atoms with Crippen molar-refractivity contribution in [2.24, 2.45) is 5.41 Å². The van der Waals surface area contributed by atoms with Crippen LogP contribution in [0, 0.1) is 11.2 Å². The largest absolute Gasteiger partial charge is 0.368 e. The molecule has 2 aromatic heterocycles. The second kappa shape index (κ2) is 7.92. The molecule has 1 N–H and O–H groups in total. The molecule has 1 aliphatic carbocycles. The molecule has 1 saturated carbocycles. The standard InChI is InChI=1S/C22H22ClFN6O/c23-15-4-5-19(25-13-15)26-14-16-12-22(6-7-22)8-11-29(16)21(31)20-17(24)2-1-3-18(20)30-27-9-10-28-30/h1-5,9-10,13,16H,6-8,11-12,14H2,(H,25,26). The molecule has 3 heterocycles. The Labute approximate surface area is 184 Å². The van der Waals surface area contributed by atoms with Gasteiger partial charge in [-0.15, -0.1) is 0 Å². The van der Waals surface area contributed by atoms with Crippen LogP contribution < -0.4 is 5.32 Å². The van der Waals surface area contributed by atoms with Crippen LogP contribution in [-0.2, 0) is 0 Å². The highest BCUT2D eigenvalue weighted by Crippen LogP contribution is 2.55. The number of pyridine rings is 1. The molecule has 1 aliphatic heterocycles. The molecular weight excluding hydrogens is 419 g/mol. The first-order valence-corrected chi connectivity index (χ1v) is 10.7. The van der Waals surface area contributed by atoms with Crippen LogP contribution in [0.5, 0.6) is 0 Å². The third kappa shape index (κ3) is 3.99. The number of nitrogens with one attached hydrogen (secondary N) is 1. The van der Waals surface area contributed by atoms with E-state index in [9.17, 15) is 9.18 Å². The van der Waals surface area contributed by atoms with E-state index in [0.29, 0.717) is 35.0 Å². The maximum absolute atomic E-state index is 14.9. The van der Waals surface area contributed by atoms with Crippen LogP contribution in [0.1, 0.15) is 36.0 Å². The Hall–Kier alpha value is -3.00. The van der Waals surface area contributed by atoms with Gasteiger partial charge >= 0.3 is 0 Å². The summed E-state index contributed by atoms with van der Waals surface area (Å²) >= 11 is 5.92. The molecule has 9 heteroatoms. The van der Waals surface area contributed by atoms with Crippen LogP contribution in [0.4, 0.5) is 10.2 Å². The Balaban J connectivity index is 1.42. The van der Waals surface area contributed by atoms with E-state index in [-0.39, 0.29) is 17.5 Å². The fourth-order valence-corrected chi connectivity index (χ4v) is 4.52. The van der Waals surface area contributed by atoms with Crippen molar-refractivity contribution in [3.8, 4) is 5.69 Å². The van der Waals surface area contributed by atoms with Gasteiger partial charge in [-0.3, -0.25) is 4.79 Å². The summed E-state index contributed by atoms with van der Waals surface area (Å²) in [6.07, 6.45) is 8.80. The molecule has 5 rings (SSSR count). The van der Waals surface area contributed by atoms with Gasteiger partial charge in [0, 0.05) is 25.3 Å². The fraction of sp³-hybridized carbons (Fsp3) is 0.364. The monoisotopic (exact) mass is 440 g/mol. The lowest BCUT2D eigenvalue weighted by molar-refractivity contribution is 0.0541. The van der Waals surface area contributed by atoms with Gasteiger partial charge in [0.05, 0.1) is 17.4 Å². The topological polar surface area (TPSA) is 75.9 Å². The maximum Gasteiger partial charge on any atom is 0.259 e. The van der Waals surface area contributed by atoms with E-state index in [0.717, 1.165) is 12.8 Å². The van der Waals surface area contributed by atoms with Crippen molar-refractivity contribution in [2.75, 3.05) is 18.4 Å². The highest BCUT2D eigenvalue weighted by Gasteiger charge is 2.49. The molecule has 2 fully saturated rings. The highest BCUT2D eigenvalue weighted by atomic mass is 35.5. The van der Waals surface area contributed by atoms with Gasteiger partial charge in [0.1, 0.15) is 22.9 Å². The number of amides is 1. The molecule has 2 aliphatic rings. The lowest BCUT2D eigenvalue weighted by Gasteiger charge is -2.40. The van der Waals surface area contributed by atoms with Gasteiger partial charge in [-0.1, -0.05) is 17.7 Å². The Morgan fingerprint density at radius 1 is 1.19 bits per heavy atom. The molecule has 7 nitrogen and oxygen atoms in total. The van der Waals surface area contributed by atoms with Crippen LogP contribution in [0.2, 0.25) is 5.02 Å². The van der Waals surface area contributed by atoms with Crippen molar-refractivity contribution in [1.82, 2.24) is 24.9 Å². The summed E-state index contributed by atoms with van der Waals surface area (Å²) in [6.45, 7) is 1.13. The number of piperidine rings is 1.